The molecule has 10 heteroatoms. The Morgan fingerprint density at radius 2 is 1.66 bits per heavy atom. The molecule has 3 aromatic carbocycles. The molecule has 0 heterocycles. The van der Waals surface area contributed by atoms with Crippen molar-refractivity contribution in [3.8, 4) is 5.75 Å². The Labute approximate surface area is 248 Å². The SMILES string of the molecule is CC[C@H](C)NC(=O)[C@H](CC)N(Cc1cccc(OC)c1)C(=O)CN(c1ccccc1C)S(=O)(=O)c1ccc(Cl)cc1. The minimum absolute atomic E-state index is 0.00106. The first-order valence-corrected chi connectivity index (χ1v) is 15.4. The molecule has 0 aliphatic rings. The molecule has 0 bridgehead atoms. The summed E-state index contributed by atoms with van der Waals surface area (Å²) in [4.78, 5) is 29.0. The van der Waals surface area contributed by atoms with Crippen molar-refractivity contribution in [2.24, 2.45) is 0 Å². The van der Waals surface area contributed by atoms with Gasteiger partial charge in [0, 0.05) is 17.6 Å². The lowest BCUT2D eigenvalue weighted by Crippen LogP contribution is -2.53. The van der Waals surface area contributed by atoms with Gasteiger partial charge in [0.2, 0.25) is 11.8 Å². The Hall–Kier alpha value is -3.56. The lowest BCUT2D eigenvalue weighted by Gasteiger charge is -2.34. The molecule has 0 fully saturated rings. The van der Waals surface area contributed by atoms with Gasteiger partial charge in [-0.15, -0.1) is 0 Å². The fourth-order valence-electron chi connectivity index (χ4n) is 4.42. The number of hydrogen-bond donors (Lipinski definition) is 1. The van der Waals surface area contributed by atoms with Crippen LogP contribution in [0.5, 0.6) is 5.75 Å². The molecule has 3 aromatic rings. The quantitative estimate of drug-likeness (QED) is 0.277. The molecule has 0 aliphatic heterocycles. The molecular formula is C31H38ClN3O5S. The molecule has 0 spiro atoms. The number of halogens is 1. The number of nitrogens with one attached hydrogen (secondary N) is 1. The largest absolute Gasteiger partial charge is 0.497 e. The van der Waals surface area contributed by atoms with E-state index in [-0.39, 0.29) is 23.4 Å². The first kappa shape index (κ1) is 32.0. The van der Waals surface area contributed by atoms with Gasteiger partial charge in [-0.25, -0.2) is 8.42 Å². The predicted molar refractivity (Wildman–Crippen MR) is 163 cm³/mol. The van der Waals surface area contributed by atoms with Crippen molar-refractivity contribution in [1.82, 2.24) is 10.2 Å². The number of ether oxygens (including phenoxy) is 1. The monoisotopic (exact) mass is 599 g/mol. The zero-order chi connectivity index (χ0) is 30.2. The van der Waals surface area contributed by atoms with Crippen LogP contribution in [0, 0.1) is 6.92 Å². The second-order valence-corrected chi connectivity index (χ2v) is 12.2. The third kappa shape index (κ3) is 8.01. The van der Waals surface area contributed by atoms with Gasteiger partial charge < -0.3 is 15.0 Å². The maximum atomic E-state index is 14.2. The van der Waals surface area contributed by atoms with Gasteiger partial charge in [0.05, 0.1) is 17.7 Å². The summed E-state index contributed by atoms with van der Waals surface area (Å²) in [6.07, 6.45) is 1.07. The van der Waals surface area contributed by atoms with Gasteiger partial charge in [-0.3, -0.25) is 13.9 Å². The van der Waals surface area contributed by atoms with Gasteiger partial charge in [-0.1, -0.05) is 55.8 Å². The van der Waals surface area contributed by atoms with Crippen LogP contribution in [-0.4, -0.2) is 50.9 Å². The van der Waals surface area contributed by atoms with Crippen molar-refractivity contribution in [1.29, 1.82) is 0 Å². The summed E-state index contributed by atoms with van der Waals surface area (Å²) in [6, 6.07) is 19.1. The maximum Gasteiger partial charge on any atom is 0.264 e. The molecule has 2 amide bonds. The lowest BCUT2D eigenvalue weighted by atomic mass is 10.1. The first-order chi connectivity index (χ1) is 19.5. The third-order valence-electron chi connectivity index (χ3n) is 6.94. The van der Waals surface area contributed by atoms with E-state index in [1.54, 1.807) is 50.4 Å². The average Bonchev–Trinajstić information content (AvgIpc) is 2.96. The fourth-order valence-corrected chi connectivity index (χ4v) is 6.02. The fraction of sp³-hybridized carbons (Fsp3) is 0.355. The minimum Gasteiger partial charge on any atom is -0.497 e. The molecule has 0 aliphatic carbocycles. The third-order valence-corrected chi connectivity index (χ3v) is 8.96. The van der Waals surface area contributed by atoms with Crippen molar-refractivity contribution in [3.63, 3.8) is 0 Å². The summed E-state index contributed by atoms with van der Waals surface area (Å²) in [5.41, 5.74) is 1.79. The van der Waals surface area contributed by atoms with E-state index in [9.17, 15) is 18.0 Å². The molecule has 41 heavy (non-hydrogen) atoms. The highest BCUT2D eigenvalue weighted by Crippen LogP contribution is 2.28. The van der Waals surface area contributed by atoms with Gasteiger partial charge in [-0.05, 0) is 80.3 Å². The minimum atomic E-state index is -4.17. The summed E-state index contributed by atoms with van der Waals surface area (Å²) in [7, 11) is -2.62. The summed E-state index contributed by atoms with van der Waals surface area (Å²) in [5, 5.41) is 3.37. The number of para-hydroxylation sites is 1. The second-order valence-electron chi connectivity index (χ2n) is 9.87. The molecule has 0 aromatic heterocycles. The van der Waals surface area contributed by atoms with Crippen LogP contribution in [0.15, 0.2) is 77.7 Å². The van der Waals surface area contributed by atoms with Crippen molar-refractivity contribution in [2.45, 2.75) is 64.1 Å². The van der Waals surface area contributed by atoms with E-state index in [1.165, 1.54) is 29.2 Å². The Bertz CT molecular complexity index is 1450. The second kappa shape index (κ2) is 14.4. The number of methoxy groups -OCH3 is 1. The smallest absolute Gasteiger partial charge is 0.264 e. The predicted octanol–water partition coefficient (Wildman–Crippen LogP) is 5.57. The summed E-state index contributed by atoms with van der Waals surface area (Å²) < 4.78 is 34.4. The van der Waals surface area contributed by atoms with Crippen LogP contribution >= 0.6 is 11.6 Å². The number of aryl methyl sites for hydroxylation is 1. The number of sulfonamides is 1. The number of rotatable bonds is 13. The topological polar surface area (TPSA) is 96.0 Å². The molecule has 3 rings (SSSR count). The number of benzene rings is 3. The summed E-state index contributed by atoms with van der Waals surface area (Å²) in [5.74, 6) is -0.195. The number of carbonyl (C=O) groups is 2. The normalized spacial score (nSPS) is 12.7. The molecule has 1 N–H and O–H groups in total. The van der Waals surface area contributed by atoms with E-state index in [4.69, 9.17) is 16.3 Å². The highest BCUT2D eigenvalue weighted by molar-refractivity contribution is 7.92. The van der Waals surface area contributed by atoms with Crippen LogP contribution in [0.25, 0.3) is 0 Å². The summed E-state index contributed by atoms with van der Waals surface area (Å²) >= 11 is 6.02. The molecule has 0 saturated carbocycles. The molecule has 0 unspecified atom stereocenters. The number of anilines is 1. The number of hydrogen-bond acceptors (Lipinski definition) is 5. The van der Waals surface area contributed by atoms with Crippen LogP contribution in [-0.2, 0) is 26.2 Å². The molecule has 8 nitrogen and oxygen atoms in total. The van der Waals surface area contributed by atoms with Crippen LogP contribution in [0.3, 0.4) is 0 Å². The maximum absolute atomic E-state index is 14.2. The van der Waals surface area contributed by atoms with Crippen molar-refractivity contribution in [2.75, 3.05) is 18.0 Å². The standard InChI is InChI=1S/C31H38ClN3O5S/c1-6-23(4)33-31(37)28(7-2)34(20-24-12-10-13-26(19-24)40-5)30(36)21-35(29-14-9-8-11-22(29)3)41(38,39)27-17-15-25(32)16-18-27/h8-19,23,28H,6-7,20-21H2,1-5H3,(H,33,37)/t23-,28-/m0/s1. The number of carbonyl (C=O) groups excluding carboxylic acids is 2. The van der Waals surface area contributed by atoms with E-state index >= 15 is 0 Å². The average molecular weight is 600 g/mol. The Balaban J connectivity index is 2.08. The van der Waals surface area contributed by atoms with E-state index in [0.717, 1.165) is 16.3 Å². The Morgan fingerprint density at radius 1 is 0.976 bits per heavy atom. The van der Waals surface area contributed by atoms with Gasteiger partial charge in [0.25, 0.3) is 10.0 Å². The van der Waals surface area contributed by atoms with Crippen LogP contribution in [0.2, 0.25) is 5.02 Å². The van der Waals surface area contributed by atoms with E-state index in [1.807, 2.05) is 32.9 Å². The van der Waals surface area contributed by atoms with Crippen molar-refractivity contribution in [3.05, 3.63) is 88.9 Å². The Morgan fingerprint density at radius 3 is 2.27 bits per heavy atom. The van der Waals surface area contributed by atoms with Gasteiger partial charge in [0.15, 0.2) is 0 Å². The van der Waals surface area contributed by atoms with Crippen LogP contribution in [0.4, 0.5) is 5.69 Å². The zero-order valence-electron chi connectivity index (χ0n) is 24.1. The van der Waals surface area contributed by atoms with Crippen LogP contribution < -0.4 is 14.4 Å². The molecular weight excluding hydrogens is 562 g/mol. The Kier molecular flexibility index (Phi) is 11.2. The van der Waals surface area contributed by atoms with E-state index in [0.29, 0.717) is 28.4 Å². The molecule has 2 atom stereocenters. The summed E-state index contributed by atoms with van der Waals surface area (Å²) in [6.45, 7) is 7.06. The molecule has 220 valence electrons. The van der Waals surface area contributed by atoms with Gasteiger partial charge in [-0.2, -0.15) is 0 Å². The van der Waals surface area contributed by atoms with Crippen LogP contribution in [0.1, 0.15) is 44.7 Å². The number of nitrogens with zero attached hydrogens (tertiary/aromatic N) is 2. The van der Waals surface area contributed by atoms with E-state index < -0.39 is 28.5 Å². The molecule has 0 saturated heterocycles. The van der Waals surface area contributed by atoms with E-state index in [2.05, 4.69) is 5.32 Å². The van der Waals surface area contributed by atoms with Gasteiger partial charge >= 0.3 is 0 Å². The number of amides is 2. The molecule has 0 radical (unpaired) electrons. The highest BCUT2D eigenvalue weighted by atomic mass is 35.5. The highest BCUT2D eigenvalue weighted by Gasteiger charge is 2.34. The first-order valence-electron chi connectivity index (χ1n) is 13.6. The van der Waals surface area contributed by atoms with Gasteiger partial charge in [0.1, 0.15) is 18.3 Å². The lowest BCUT2D eigenvalue weighted by molar-refractivity contribution is -0.140. The van der Waals surface area contributed by atoms with Crippen molar-refractivity contribution >= 4 is 39.1 Å². The zero-order valence-corrected chi connectivity index (χ0v) is 25.7. The van der Waals surface area contributed by atoms with Crippen molar-refractivity contribution < 1.29 is 22.7 Å².